The van der Waals surface area contributed by atoms with Gasteiger partial charge in [-0.3, -0.25) is 0 Å². The van der Waals surface area contributed by atoms with E-state index in [2.05, 4.69) is 17.1 Å². The number of rotatable bonds is 2. The van der Waals surface area contributed by atoms with E-state index in [1.54, 1.807) is 0 Å². The molecule has 0 amide bonds. The highest BCUT2D eigenvalue weighted by Crippen LogP contribution is 2.37. The monoisotopic (exact) mass is 237 g/mol. The molecule has 5 nitrogen and oxygen atoms in total. The fraction of sp³-hybridized carbons (Fsp3) is 0.833. The Morgan fingerprint density at radius 2 is 2.18 bits per heavy atom. The maximum Gasteiger partial charge on any atom is 0.233 e. The third-order valence-electron chi connectivity index (χ3n) is 3.96. The van der Waals surface area contributed by atoms with Crippen molar-refractivity contribution in [3.05, 3.63) is 11.7 Å². The predicted molar refractivity (Wildman–Crippen MR) is 61.6 cm³/mol. The molecule has 94 valence electrons. The summed E-state index contributed by atoms with van der Waals surface area (Å²) < 4.78 is 10.7. The van der Waals surface area contributed by atoms with Gasteiger partial charge in [-0.25, -0.2) is 0 Å². The van der Waals surface area contributed by atoms with Crippen molar-refractivity contribution in [1.29, 1.82) is 0 Å². The van der Waals surface area contributed by atoms with Crippen LogP contribution in [-0.4, -0.2) is 29.4 Å². The summed E-state index contributed by atoms with van der Waals surface area (Å²) in [5.41, 5.74) is 5.94. The first-order valence-electron chi connectivity index (χ1n) is 6.41. The van der Waals surface area contributed by atoms with Crippen LogP contribution in [0.2, 0.25) is 0 Å². The standard InChI is InChI=1S/C12H19N3O2/c1-7-2-3-8(4-7)11-14-12(17-15-11)9-5-16-6-10(9)13/h7-10H,2-6,13H2,1H3. The van der Waals surface area contributed by atoms with Gasteiger partial charge in [0.25, 0.3) is 0 Å². The summed E-state index contributed by atoms with van der Waals surface area (Å²) >= 11 is 0. The first-order valence-corrected chi connectivity index (χ1v) is 6.41. The van der Waals surface area contributed by atoms with Crippen molar-refractivity contribution in [2.24, 2.45) is 11.7 Å². The van der Waals surface area contributed by atoms with Gasteiger partial charge in [0.2, 0.25) is 5.89 Å². The topological polar surface area (TPSA) is 74.2 Å². The molecule has 5 heteroatoms. The summed E-state index contributed by atoms with van der Waals surface area (Å²) in [4.78, 5) is 4.52. The number of hydrogen-bond acceptors (Lipinski definition) is 5. The smallest absolute Gasteiger partial charge is 0.233 e. The van der Waals surface area contributed by atoms with Crippen LogP contribution in [0.5, 0.6) is 0 Å². The van der Waals surface area contributed by atoms with E-state index in [4.69, 9.17) is 15.0 Å². The highest BCUT2D eigenvalue weighted by molar-refractivity contribution is 5.05. The van der Waals surface area contributed by atoms with E-state index >= 15 is 0 Å². The molecule has 1 aliphatic carbocycles. The Morgan fingerprint density at radius 3 is 2.82 bits per heavy atom. The van der Waals surface area contributed by atoms with E-state index in [0.29, 0.717) is 25.0 Å². The van der Waals surface area contributed by atoms with Gasteiger partial charge in [0.15, 0.2) is 5.82 Å². The molecule has 2 heterocycles. The SMILES string of the molecule is CC1CCC(c2noc(C3COCC3N)n2)C1. The average molecular weight is 237 g/mol. The molecule has 0 bridgehead atoms. The van der Waals surface area contributed by atoms with Crippen LogP contribution in [0.15, 0.2) is 4.52 Å². The zero-order chi connectivity index (χ0) is 11.8. The Bertz CT molecular complexity index is 393. The molecule has 3 rings (SSSR count). The van der Waals surface area contributed by atoms with Crippen LogP contribution < -0.4 is 5.73 Å². The molecule has 0 radical (unpaired) electrons. The normalized spacial score (nSPS) is 37.8. The van der Waals surface area contributed by atoms with Crippen LogP contribution in [0.1, 0.15) is 49.7 Å². The Balaban J connectivity index is 1.74. The third-order valence-corrected chi connectivity index (χ3v) is 3.96. The maximum absolute atomic E-state index is 5.94. The van der Waals surface area contributed by atoms with Crippen LogP contribution >= 0.6 is 0 Å². The van der Waals surface area contributed by atoms with Gasteiger partial charge in [-0.15, -0.1) is 0 Å². The summed E-state index contributed by atoms with van der Waals surface area (Å²) in [6.45, 7) is 3.47. The molecular weight excluding hydrogens is 218 g/mol. The Morgan fingerprint density at radius 1 is 1.29 bits per heavy atom. The van der Waals surface area contributed by atoms with E-state index in [-0.39, 0.29) is 12.0 Å². The molecule has 2 aliphatic rings. The molecule has 0 aromatic carbocycles. The lowest BCUT2D eigenvalue weighted by atomic mass is 10.0. The van der Waals surface area contributed by atoms with Crippen molar-refractivity contribution in [1.82, 2.24) is 10.1 Å². The minimum absolute atomic E-state index is 0.00852. The summed E-state index contributed by atoms with van der Waals surface area (Å²) in [7, 11) is 0. The van der Waals surface area contributed by atoms with Gasteiger partial charge < -0.3 is 15.0 Å². The maximum atomic E-state index is 5.94. The van der Waals surface area contributed by atoms with Gasteiger partial charge >= 0.3 is 0 Å². The van der Waals surface area contributed by atoms with E-state index in [1.807, 2.05) is 0 Å². The molecule has 17 heavy (non-hydrogen) atoms. The highest BCUT2D eigenvalue weighted by Gasteiger charge is 2.33. The summed E-state index contributed by atoms with van der Waals surface area (Å²) in [5.74, 6) is 2.85. The Kier molecular flexibility index (Phi) is 2.88. The van der Waals surface area contributed by atoms with Crippen LogP contribution in [0.3, 0.4) is 0 Å². The predicted octanol–water partition coefficient (Wildman–Crippen LogP) is 1.41. The molecule has 2 N–H and O–H groups in total. The number of nitrogens with zero attached hydrogens (tertiary/aromatic N) is 2. The highest BCUT2D eigenvalue weighted by atomic mass is 16.5. The van der Waals surface area contributed by atoms with Crippen molar-refractivity contribution in [3.8, 4) is 0 Å². The van der Waals surface area contributed by atoms with Crippen LogP contribution in [0.4, 0.5) is 0 Å². The Labute approximate surface area is 101 Å². The zero-order valence-electron chi connectivity index (χ0n) is 10.1. The lowest BCUT2D eigenvalue weighted by Crippen LogP contribution is -2.27. The van der Waals surface area contributed by atoms with Crippen molar-refractivity contribution < 1.29 is 9.26 Å². The lowest BCUT2D eigenvalue weighted by molar-refractivity contribution is 0.187. The summed E-state index contributed by atoms with van der Waals surface area (Å²) in [6.07, 6.45) is 3.61. The first kappa shape index (κ1) is 11.2. The molecule has 4 unspecified atom stereocenters. The number of hydrogen-bond donors (Lipinski definition) is 1. The fourth-order valence-corrected chi connectivity index (χ4v) is 2.83. The van der Waals surface area contributed by atoms with Crippen LogP contribution in [0.25, 0.3) is 0 Å². The van der Waals surface area contributed by atoms with Crippen molar-refractivity contribution in [2.45, 2.75) is 44.1 Å². The van der Waals surface area contributed by atoms with E-state index < -0.39 is 0 Å². The molecular formula is C12H19N3O2. The number of nitrogens with two attached hydrogens (primary N) is 1. The molecule has 0 spiro atoms. The minimum Gasteiger partial charge on any atom is -0.379 e. The second kappa shape index (κ2) is 4.38. The minimum atomic E-state index is -0.00852. The zero-order valence-corrected chi connectivity index (χ0v) is 10.1. The molecule has 1 aliphatic heterocycles. The molecule has 2 fully saturated rings. The second-order valence-electron chi connectivity index (χ2n) is 5.41. The summed E-state index contributed by atoms with van der Waals surface area (Å²) in [6, 6.07) is -0.00852. The molecule has 1 aromatic heterocycles. The third kappa shape index (κ3) is 2.09. The van der Waals surface area contributed by atoms with Crippen molar-refractivity contribution >= 4 is 0 Å². The molecule has 1 saturated carbocycles. The van der Waals surface area contributed by atoms with Gasteiger partial charge in [-0.1, -0.05) is 12.1 Å². The van der Waals surface area contributed by atoms with Gasteiger partial charge in [0, 0.05) is 12.0 Å². The van der Waals surface area contributed by atoms with Gasteiger partial charge in [0.1, 0.15) is 0 Å². The fourth-order valence-electron chi connectivity index (χ4n) is 2.83. The molecule has 1 saturated heterocycles. The quantitative estimate of drug-likeness (QED) is 0.841. The second-order valence-corrected chi connectivity index (χ2v) is 5.41. The number of ether oxygens (including phenoxy) is 1. The molecule has 1 aromatic rings. The summed E-state index contributed by atoms with van der Waals surface area (Å²) in [5, 5.41) is 4.11. The van der Waals surface area contributed by atoms with Gasteiger partial charge in [-0.2, -0.15) is 4.98 Å². The Hall–Kier alpha value is -0.940. The van der Waals surface area contributed by atoms with Crippen molar-refractivity contribution in [3.63, 3.8) is 0 Å². The lowest BCUT2D eigenvalue weighted by Gasteiger charge is -2.06. The average Bonchev–Trinajstić information content (AvgIpc) is 2.97. The van der Waals surface area contributed by atoms with Crippen LogP contribution in [0, 0.1) is 5.92 Å². The van der Waals surface area contributed by atoms with E-state index in [0.717, 1.165) is 11.7 Å². The van der Waals surface area contributed by atoms with E-state index in [9.17, 15) is 0 Å². The van der Waals surface area contributed by atoms with Crippen LogP contribution in [-0.2, 0) is 4.74 Å². The van der Waals surface area contributed by atoms with Crippen molar-refractivity contribution in [2.75, 3.05) is 13.2 Å². The first-order chi connectivity index (χ1) is 8.24. The van der Waals surface area contributed by atoms with Gasteiger partial charge in [-0.05, 0) is 25.2 Å². The molecule has 4 atom stereocenters. The van der Waals surface area contributed by atoms with Gasteiger partial charge in [0.05, 0.1) is 19.1 Å². The van der Waals surface area contributed by atoms with E-state index in [1.165, 1.54) is 19.3 Å². The number of aromatic nitrogens is 2. The largest absolute Gasteiger partial charge is 0.379 e.